The molecule has 4 aliphatic rings. The van der Waals surface area contributed by atoms with Gasteiger partial charge in [-0.3, -0.25) is 9.69 Å². The Kier molecular flexibility index (Phi) is 2.75. The summed E-state index contributed by atoms with van der Waals surface area (Å²) in [5.41, 5.74) is -0.507. The number of carbonyl (C=O) groups is 2. The van der Waals surface area contributed by atoms with Crippen molar-refractivity contribution in [1.82, 2.24) is 9.80 Å². The molecule has 1 N–H and O–H groups in total. The predicted molar refractivity (Wildman–Crippen MR) is 76.6 cm³/mol. The molecule has 7 heteroatoms. The summed E-state index contributed by atoms with van der Waals surface area (Å²) in [5, 5.41) is 9.95. The van der Waals surface area contributed by atoms with E-state index in [1.165, 1.54) is 4.90 Å². The summed E-state index contributed by atoms with van der Waals surface area (Å²) in [7, 11) is 2.08. The van der Waals surface area contributed by atoms with Gasteiger partial charge < -0.3 is 14.7 Å². The highest BCUT2D eigenvalue weighted by Crippen LogP contribution is 2.58. The third-order valence-electron chi connectivity index (χ3n) is 5.00. The Bertz CT molecular complexity index is 571. The number of carboxylic acid groups (broad SMARTS) is 1. The summed E-state index contributed by atoms with van der Waals surface area (Å²) in [6.07, 6.45) is 1.06. The molecule has 0 bridgehead atoms. The Morgan fingerprint density at radius 2 is 2.24 bits per heavy atom. The number of nitrogens with zero attached hydrogens (tertiary/aromatic N) is 2. The van der Waals surface area contributed by atoms with E-state index in [-0.39, 0.29) is 23.6 Å². The highest BCUT2D eigenvalue weighted by atomic mass is 32.2. The van der Waals surface area contributed by atoms with Crippen LogP contribution in [-0.4, -0.2) is 70.4 Å². The second-order valence-electron chi connectivity index (χ2n) is 6.40. The topological polar surface area (TPSA) is 73.4 Å². The van der Waals surface area contributed by atoms with Gasteiger partial charge in [0, 0.05) is 22.6 Å². The van der Waals surface area contributed by atoms with Crippen molar-refractivity contribution in [2.75, 3.05) is 26.7 Å². The minimum Gasteiger partial charge on any atom is -0.477 e. The van der Waals surface area contributed by atoms with E-state index in [9.17, 15) is 14.7 Å². The van der Waals surface area contributed by atoms with Crippen LogP contribution in [0.4, 0.5) is 0 Å². The first kappa shape index (κ1) is 13.6. The number of hydrogen-bond donors (Lipinski definition) is 1. The zero-order chi connectivity index (χ0) is 14.9. The van der Waals surface area contributed by atoms with Crippen LogP contribution in [0.1, 0.15) is 13.3 Å². The number of fused-ring (bicyclic) bond motifs is 2. The van der Waals surface area contributed by atoms with Gasteiger partial charge in [0.25, 0.3) is 5.91 Å². The number of ether oxygens (including phenoxy) is 1. The van der Waals surface area contributed by atoms with E-state index in [4.69, 9.17) is 4.74 Å². The minimum absolute atomic E-state index is 0.0483. The molecule has 1 amide bonds. The second-order valence-corrected chi connectivity index (χ2v) is 7.74. The Morgan fingerprint density at radius 1 is 1.52 bits per heavy atom. The van der Waals surface area contributed by atoms with Crippen LogP contribution in [-0.2, 0) is 14.3 Å². The molecule has 0 aromatic heterocycles. The van der Waals surface area contributed by atoms with Crippen LogP contribution in [0, 0.1) is 5.92 Å². The van der Waals surface area contributed by atoms with Crippen molar-refractivity contribution in [3.8, 4) is 0 Å². The van der Waals surface area contributed by atoms with Crippen LogP contribution < -0.4 is 0 Å². The maximum absolute atomic E-state index is 12.2. The molecule has 4 unspecified atom stereocenters. The first-order valence-electron chi connectivity index (χ1n) is 7.26. The summed E-state index contributed by atoms with van der Waals surface area (Å²) in [6, 6.07) is -0.113. The number of rotatable bonds is 3. The summed E-state index contributed by atoms with van der Waals surface area (Å²) in [6.45, 7) is 4.47. The molecule has 4 heterocycles. The molecule has 3 fully saturated rings. The molecule has 3 saturated heterocycles. The van der Waals surface area contributed by atoms with E-state index in [2.05, 4.69) is 11.9 Å². The lowest BCUT2D eigenvalue weighted by molar-refractivity contribution is -0.158. The lowest BCUT2D eigenvalue weighted by Gasteiger charge is -2.43. The molecular formula is C14H18N2O4S. The molecule has 4 aliphatic heterocycles. The van der Waals surface area contributed by atoms with Gasteiger partial charge in [-0.2, -0.15) is 0 Å². The van der Waals surface area contributed by atoms with Crippen LogP contribution in [0.5, 0.6) is 0 Å². The molecule has 1 spiro atoms. The summed E-state index contributed by atoms with van der Waals surface area (Å²) >= 11 is 1.65. The maximum atomic E-state index is 12.2. The van der Waals surface area contributed by atoms with Crippen LogP contribution >= 0.6 is 11.8 Å². The molecule has 4 atom stereocenters. The van der Waals surface area contributed by atoms with Crippen molar-refractivity contribution in [2.45, 2.75) is 30.2 Å². The van der Waals surface area contributed by atoms with Gasteiger partial charge in [0.15, 0.2) is 5.60 Å². The number of hydrogen-bond acceptors (Lipinski definition) is 5. The van der Waals surface area contributed by atoms with Crippen molar-refractivity contribution >= 4 is 23.6 Å². The predicted octanol–water partition coefficient (Wildman–Crippen LogP) is 0.349. The SMILES string of the molecule is CC1C(SC2CCN(C)C2)=C(C(=O)O)N2C(=O)C3(CO3)C12. The molecular weight excluding hydrogens is 292 g/mol. The largest absolute Gasteiger partial charge is 0.477 e. The third kappa shape index (κ3) is 1.68. The van der Waals surface area contributed by atoms with E-state index < -0.39 is 11.6 Å². The van der Waals surface area contributed by atoms with Gasteiger partial charge in [-0.15, -0.1) is 11.8 Å². The summed E-state index contributed by atoms with van der Waals surface area (Å²) < 4.78 is 5.36. The van der Waals surface area contributed by atoms with Gasteiger partial charge in [-0.05, 0) is 20.0 Å². The fourth-order valence-electron chi connectivity index (χ4n) is 3.86. The fraction of sp³-hybridized carbons (Fsp3) is 0.714. The van der Waals surface area contributed by atoms with Gasteiger partial charge in [0.05, 0.1) is 12.6 Å². The highest BCUT2D eigenvalue weighted by Gasteiger charge is 2.76. The van der Waals surface area contributed by atoms with Crippen LogP contribution in [0.2, 0.25) is 0 Å². The standard InChI is InChI=1S/C14H18N2O4S/c1-7-10(21-8-3-4-15(2)5-8)9(12(17)18)16-11(7)14(6-20-14)13(16)19/h7-8,11H,3-6H2,1-2H3,(H,17,18). The fourth-order valence-corrected chi connectivity index (χ4v) is 5.41. The molecule has 0 aliphatic carbocycles. The highest BCUT2D eigenvalue weighted by molar-refractivity contribution is 8.03. The van der Waals surface area contributed by atoms with Crippen molar-refractivity contribution in [1.29, 1.82) is 0 Å². The van der Waals surface area contributed by atoms with Gasteiger partial charge in [-0.1, -0.05) is 6.92 Å². The van der Waals surface area contributed by atoms with Crippen LogP contribution in [0.15, 0.2) is 10.6 Å². The molecule has 6 nitrogen and oxygen atoms in total. The zero-order valence-electron chi connectivity index (χ0n) is 12.0. The summed E-state index contributed by atoms with van der Waals surface area (Å²) in [5.74, 6) is -1.12. The van der Waals surface area contributed by atoms with Gasteiger partial charge in [0.1, 0.15) is 5.70 Å². The smallest absolute Gasteiger partial charge is 0.353 e. The molecule has 4 rings (SSSR count). The molecule has 21 heavy (non-hydrogen) atoms. The number of amides is 1. The third-order valence-corrected chi connectivity index (χ3v) is 6.54. The Labute approximate surface area is 127 Å². The van der Waals surface area contributed by atoms with E-state index in [1.54, 1.807) is 11.8 Å². The number of epoxide rings is 1. The van der Waals surface area contributed by atoms with E-state index >= 15 is 0 Å². The Morgan fingerprint density at radius 3 is 2.76 bits per heavy atom. The monoisotopic (exact) mass is 310 g/mol. The van der Waals surface area contributed by atoms with E-state index in [0.717, 1.165) is 24.4 Å². The van der Waals surface area contributed by atoms with Crippen molar-refractivity contribution in [3.63, 3.8) is 0 Å². The molecule has 114 valence electrons. The quantitative estimate of drug-likeness (QED) is 0.599. The van der Waals surface area contributed by atoms with Crippen molar-refractivity contribution in [2.24, 2.45) is 5.92 Å². The number of carbonyl (C=O) groups excluding carboxylic acids is 1. The van der Waals surface area contributed by atoms with Crippen molar-refractivity contribution < 1.29 is 19.4 Å². The minimum atomic E-state index is -0.998. The maximum Gasteiger partial charge on any atom is 0.353 e. The van der Waals surface area contributed by atoms with E-state index in [1.807, 2.05) is 6.92 Å². The normalized spacial score (nSPS) is 41.7. The van der Waals surface area contributed by atoms with Gasteiger partial charge in [0.2, 0.25) is 0 Å². The summed E-state index contributed by atoms with van der Waals surface area (Å²) in [4.78, 5) is 28.4. The van der Waals surface area contributed by atoms with Gasteiger partial charge >= 0.3 is 5.97 Å². The van der Waals surface area contributed by atoms with Gasteiger partial charge in [-0.25, -0.2) is 4.79 Å². The Hall–Kier alpha value is -1.05. The lowest BCUT2D eigenvalue weighted by atomic mass is 9.82. The number of β-lactam (4-membered cyclic amide) rings is 1. The number of thioether (sulfide) groups is 1. The first-order valence-corrected chi connectivity index (χ1v) is 8.14. The lowest BCUT2D eigenvalue weighted by Crippen LogP contribution is -2.67. The first-order chi connectivity index (χ1) is 9.95. The average molecular weight is 310 g/mol. The molecule has 0 aromatic rings. The number of aliphatic carboxylic acids is 1. The number of likely N-dealkylation sites (tertiary alicyclic amines) is 1. The molecule has 0 radical (unpaired) electrons. The zero-order valence-corrected chi connectivity index (χ0v) is 12.9. The molecule has 0 aromatic carbocycles. The average Bonchev–Trinajstić information content (AvgIpc) is 3.09. The van der Waals surface area contributed by atoms with Crippen LogP contribution in [0.3, 0.4) is 0 Å². The number of carboxylic acids is 1. The second kappa shape index (κ2) is 4.24. The van der Waals surface area contributed by atoms with Crippen LogP contribution in [0.25, 0.3) is 0 Å². The van der Waals surface area contributed by atoms with E-state index in [0.29, 0.717) is 11.9 Å². The Balaban J connectivity index is 1.64. The van der Waals surface area contributed by atoms with Crippen molar-refractivity contribution in [3.05, 3.63) is 10.6 Å². The molecule has 0 saturated carbocycles.